The van der Waals surface area contributed by atoms with Crippen LogP contribution in [-0.4, -0.2) is 42.8 Å². The first kappa shape index (κ1) is 22.9. The summed E-state index contributed by atoms with van der Waals surface area (Å²) in [4.78, 5) is 24.9. The largest absolute Gasteiger partial charge is 0.462 e. The first-order chi connectivity index (χ1) is 15.7. The number of anilines is 2. The maximum Gasteiger partial charge on any atom is 0.389 e. The highest BCUT2D eigenvalue weighted by atomic mass is 19.4. The molecule has 1 aliphatic rings. The lowest BCUT2D eigenvalue weighted by molar-refractivity contribution is -0.152. The van der Waals surface area contributed by atoms with Crippen molar-refractivity contribution >= 4 is 23.4 Å². The predicted octanol–water partition coefficient (Wildman–Crippen LogP) is 4.81. The molecule has 1 aliphatic carbocycles. The minimum atomic E-state index is -4.21. The molecule has 0 amide bonds. The molecule has 4 rings (SSSR count). The molecule has 1 saturated carbocycles. The smallest absolute Gasteiger partial charge is 0.389 e. The van der Waals surface area contributed by atoms with Gasteiger partial charge in [0.05, 0.1) is 0 Å². The van der Waals surface area contributed by atoms with E-state index in [0.717, 1.165) is 17.6 Å². The highest BCUT2D eigenvalue weighted by Gasteiger charge is 2.31. The topological polar surface area (TPSA) is 94.3 Å². The number of imidazole rings is 1. The van der Waals surface area contributed by atoms with Gasteiger partial charge < -0.3 is 10.1 Å². The summed E-state index contributed by atoms with van der Waals surface area (Å²) in [5, 5.41) is 7.42. The Morgan fingerprint density at radius 2 is 2.03 bits per heavy atom. The molecule has 8 nitrogen and oxygen atoms in total. The van der Waals surface area contributed by atoms with Gasteiger partial charge in [0.2, 0.25) is 5.95 Å². The molecule has 1 N–H and O–H groups in total. The average Bonchev–Trinajstić information content (AvgIpc) is 3.41. The van der Waals surface area contributed by atoms with Gasteiger partial charge in [0.1, 0.15) is 6.10 Å². The molecule has 0 radical (unpaired) electrons. The Kier molecular flexibility index (Phi) is 6.75. The number of carbonyl (C=O) groups is 1. The Labute approximate surface area is 188 Å². The van der Waals surface area contributed by atoms with Crippen molar-refractivity contribution in [2.45, 2.75) is 63.6 Å². The van der Waals surface area contributed by atoms with Crippen LogP contribution in [0.1, 0.15) is 56.9 Å². The predicted molar refractivity (Wildman–Crippen MR) is 114 cm³/mol. The first-order valence-corrected chi connectivity index (χ1v) is 10.9. The Hall–Kier alpha value is -3.24. The number of carbonyl (C=O) groups excluding carboxylic acids is 1. The molecule has 176 valence electrons. The maximum atomic E-state index is 12.4. The molecule has 1 fully saturated rings. The van der Waals surface area contributed by atoms with Crippen molar-refractivity contribution in [2.75, 3.05) is 5.32 Å². The molecule has 3 aromatic heterocycles. The monoisotopic (exact) mass is 462 g/mol. The molecular formula is C22H25F3N6O2. The molecule has 3 heterocycles. The van der Waals surface area contributed by atoms with Crippen molar-refractivity contribution < 1.29 is 22.7 Å². The molecule has 0 saturated heterocycles. The minimum absolute atomic E-state index is 0.000784. The number of nitrogens with one attached hydrogen (secondary N) is 1. The molecule has 33 heavy (non-hydrogen) atoms. The number of fused-ring (bicyclic) bond motifs is 1. The van der Waals surface area contributed by atoms with Crippen LogP contribution in [0.5, 0.6) is 0 Å². The van der Waals surface area contributed by atoms with E-state index in [0.29, 0.717) is 24.6 Å². The number of ether oxygens (including phenoxy) is 1. The highest BCUT2D eigenvalue weighted by Crippen LogP contribution is 2.36. The average molecular weight is 462 g/mol. The molecule has 3 atom stereocenters. The van der Waals surface area contributed by atoms with Gasteiger partial charge in [-0.15, -0.1) is 5.10 Å². The van der Waals surface area contributed by atoms with E-state index in [4.69, 9.17) is 4.74 Å². The van der Waals surface area contributed by atoms with Crippen molar-refractivity contribution in [3.63, 3.8) is 0 Å². The fourth-order valence-corrected chi connectivity index (χ4v) is 4.07. The first-order valence-electron chi connectivity index (χ1n) is 10.9. The van der Waals surface area contributed by atoms with Crippen LogP contribution in [0, 0.1) is 5.92 Å². The quantitative estimate of drug-likeness (QED) is 0.480. The van der Waals surface area contributed by atoms with Gasteiger partial charge in [-0.3, -0.25) is 4.79 Å². The standard InChI is InChI=1S/C22H25F3N6O2/c1-14(11-22(23,24)25)2-7-20(32)33-17-4-3-15(10-17)16-12-27-21(28-13-16)29-18-5-6-19-26-8-9-31(19)30-18/h5-6,8-9,12-15,17H,2-4,7,10-11H2,1H3,(H,27,28,29,30)/t14-,15-,17+/m1/s1. The van der Waals surface area contributed by atoms with Gasteiger partial charge in [-0.05, 0) is 55.2 Å². The van der Waals surface area contributed by atoms with Gasteiger partial charge >= 0.3 is 12.1 Å². The van der Waals surface area contributed by atoms with E-state index < -0.39 is 24.5 Å². The molecule has 0 spiro atoms. The van der Waals surface area contributed by atoms with Gasteiger partial charge in [-0.2, -0.15) is 13.2 Å². The molecule has 0 unspecified atom stereocenters. The number of rotatable bonds is 8. The molecule has 11 heteroatoms. The summed E-state index contributed by atoms with van der Waals surface area (Å²) >= 11 is 0. The van der Waals surface area contributed by atoms with Crippen molar-refractivity contribution in [1.29, 1.82) is 0 Å². The highest BCUT2D eigenvalue weighted by molar-refractivity contribution is 5.69. The SMILES string of the molecule is C[C@H](CCC(=O)O[C@H]1CC[C@@H](c2cnc(Nc3ccc4nccn4n3)nc2)C1)CC(F)(F)F. The zero-order valence-electron chi connectivity index (χ0n) is 18.1. The van der Waals surface area contributed by atoms with Crippen LogP contribution in [0.3, 0.4) is 0 Å². The molecule has 0 aliphatic heterocycles. The number of esters is 1. The zero-order chi connectivity index (χ0) is 23.4. The minimum Gasteiger partial charge on any atom is -0.462 e. The van der Waals surface area contributed by atoms with E-state index in [1.807, 2.05) is 6.07 Å². The Morgan fingerprint density at radius 3 is 2.79 bits per heavy atom. The van der Waals surface area contributed by atoms with Crippen LogP contribution in [0.15, 0.2) is 36.9 Å². The summed E-state index contributed by atoms with van der Waals surface area (Å²) in [5.74, 6) is 0.134. The number of hydrogen-bond acceptors (Lipinski definition) is 7. The third kappa shape index (κ3) is 6.39. The van der Waals surface area contributed by atoms with Crippen molar-refractivity contribution in [3.05, 3.63) is 42.5 Å². The van der Waals surface area contributed by atoms with E-state index in [1.54, 1.807) is 35.4 Å². The lowest BCUT2D eigenvalue weighted by atomic mass is 10.0. The van der Waals surface area contributed by atoms with Crippen molar-refractivity contribution in [2.24, 2.45) is 5.92 Å². The summed E-state index contributed by atoms with van der Waals surface area (Å²) in [6, 6.07) is 3.63. The van der Waals surface area contributed by atoms with Crippen LogP contribution in [0.2, 0.25) is 0 Å². The summed E-state index contributed by atoms with van der Waals surface area (Å²) in [6.45, 7) is 1.50. The van der Waals surface area contributed by atoms with Gasteiger partial charge in [0.25, 0.3) is 0 Å². The second-order valence-electron chi connectivity index (χ2n) is 8.50. The second-order valence-corrected chi connectivity index (χ2v) is 8.50. The van der Waals surface area contributed by atoms with Gasteiger partial charge in [-0.1, -0.05) is 6.92 Å². The summed E-state index contributed by atoms with van der Waals surface area (Å²) in [6.07, 6.45) is 3.94. The maximum absolute atomic E-state index is 12.4. The number of alkyl halides is 3. The summed E-state index contributed by atoms with van der Waals surface area (Å²) in [5.41, 5.74) is 1.69. The Bertz CT molecular complexity index is 1090. The molecular weight excluding hydrogens is 437 g/mol. The zero-order valence-corrected chi connectivity index (χ0v) is 18.1. The normalized spacial score (nSPS) is 19.5. The van der Waals surface area contributed by atoms with Gasteiger partial charge in [-0.25, -0.2) is 19.5 Å². The van der Waals surface area contributed by atoms with Gasteiger partial charge in [0.15, 0.2) is 11.5 Å². The van der Waals surface area contributed by atoms with Crippen LogP contribution in [0.25, 0.3) is 5.65 Å². The lowest BCUT2D eigenvalue weighted by Gasteiger charge is -2.15. The fraction of sp³-hybridized carbons (Fsp3) is 0.500. The fourth-order valence-electron chi connectivity index (χ4n) is 4.07. The van der Waals surface area contributed by atoms with E-state index in [1.165, 1.54) is 6.92 Å². The summed E-state index contributed by atoms with van der Waals surface area (Å²) < 4.78 is 44.3. The number of hydrogen-bond donors (Lipinski definition) is 1. The van der Waals surface area contributed by atoms with Crippen LogP contribution in [0.4, 0.5) is 24.9 Å². The number of halogens is 3. The number of aromatic nitrogens is 5. The Balaban J connectivity index is 1.24. The molecule has 0 aromatic carbocycles. The van der Waals surface area contributed by atoms with E-state index >= 15 is 0 Å². The number of nitrogens with zero attached hydrogens (tertiary/aromatic N) is 5. The van der Waals surface area contributed by atoms with E-state index in [-0.39, 0.29) is 24.9 Å². The van der Waals surface area contributed by atoms with Gasteiger partial charge in [0, 0.05) is 37.6 Å². The van der Waals surface area contributed by atoms with Crippen LogP contribution in [-0.2, 0) is 9.53 Å². The third-order valence-electron chi connectivity index (χ3n) is 5.74. The van der Waals surface area contributed by atoms with Crippen molar-refractivity contribution in [1.82, 2.24) is 24.6 Å². The lowest BCUT2D eigenvalue weighted by Crippen LogP contribution is -2.17. The molecule has 0 bridgehead atoms. The third-order valence-corrected chi connectivity index (χ3v) is 5.74. The Morgan fingerprint density at radius 1 is 1.24 bits per heavy atom. The van der Waals surface area contributed by atoms with Crippen LogP contribution >= 0.6 is 0 Å². The second kappa shape index (κ2) is 9.72. The van der Waals surface area contributed by atoms with Crippen LogP contribution < -0.4 is 5.32 Å². The summed E-state index contributed by atoms with van der Waals surface area (Å²) in [7, 11) is 0. The van der Waals surface area contributed by atoms with E-state index in [9.17, 15) is 18.0 Å². The van der Waals surface area contributed by atoms with E-state index in [2.05, 4.69) is 25.4 Å². The van der Waals surface area contributed by atoms with Crippen molar-refractivity contribution in [3.8, 4) is 0 Å². The molecule has 3 aromatic rings.